The second kappa shape index (κ2) is 8.01. The number of amides is 1. The van der Waals surface area contributed by atoms with E-state index in [1.165, 1.54) is 0 Å². The minimum atomic E-state index is -0.0348. The highest BCUT2D eigenvalue weighted by molar-refractivity contribution is 5.87. The van der Waals surface area contributed by atoms with Crippen molar-refractivity contribution in [2.24, 2.45) is 0 Å². The Morgan fingerprint density at radius 2 is 2.29 bits per heavy atom. The number of hydrogen-bond acceptors (Lipinski definition) is 5. The first kappa shape index (κ1) is 17.9. The number of benzene rings is 1. The number of H-pyrrole nitrogens is 1. The molecule has 3 N–H and O–H groups in total. The smallest absolute Gasteiger partial charge is 0.239 e. The van der Waals surface area contributed by atoms with E-state index in [0.717, 1.165) is 54.0 Å². The van der Waals surface area contributed by atoms with E-state index in [1.807, 2.05) is 36.5 Å². The zero-order valence-electron chi connectivity index (χ0n) is 15.5. The van der Waals surface area contributed by atoms with Crippen molar-refractivity contribution in [3.63, 3.8) is 0 Å². The van der Waals surface area contributed by atoms with Crippen molar-refractivity contribution >= 4 is 28.4 Å². The molecule has 1 saturated heterocycles. The first-order chi connectivity index (χ1) is 13.7. The predicted octanol–water partition coefficient (Wildman–Crippen LogP) is 2.14. The summed E-state index contributed by atoms with van der Waals surface area (Å²) in [5.74, 6) is 3.47. The normalized spacial score (nSPS) is 16.5. The van der Waals surface area contributed by atoms with Gasteiger partial charge in [-0.1, -0.05) is 12.0 Å². The lowest BCUT2D eigenvalue weighted by atomic mass is 10.1. The summed E-state index contributed by atoms with van der Waals surface area (Å²) in [5, 5.41) is 7.26. The van der Waals surface area contributed by atoms with Crippen LogP contribution < -0.4 is 15.5 Å². The van der Waals surface area contributed by atoms with Gasteiger partial charge in [0.2, 0.25) is 5.91 Å². The van der Waals surface area contributed by atoms with Gasteiger partial charge in [-0.25, -0.2) is 9.97 Å². The van der Waals surface area contributed by atoms with Gasteiger partial charge in [0, 0.05) is 36.6 Å². The largest absolute Gasteiger partial charge is 0.376 e. The topological polar surface area (TPSA) is 85.9 Å². The third kappa shape index (κ3) is 3.91. The van der Waals surface area contributed by atoms with Gasteiger partial charge in [-0.05, 0) is 37.1 Å². The summed E-state index contributed by atoms with van der Waals surface area (Å²) in [6.07, 6.45) is 10.8. The minimum Gasteiger partial charge on any atom is -0.376 e. The molecule has 1 aromatic carbocycles. The Morgan fingerprint density at radius 3 is 3.18 bits per heavy atom. The zero-order valence-corrected chi connectivity index (χ0v) is 15.5. The van der Waals surface area contributed by atoms with E-state index in [0.29, 0.717) is 0 Å². The van der Waals surface area contributed by atoms with Gasteiger partial charge in [0.05, 0.1) is 11.9 Å². The van der Waals surface area contributed by atoms with E-state index < -0.39 is 0 Å². The fraction of sp³-hybridized carbons (Fsp3) is 0.286. The second-order valence-corrected chi connectivity index (χ2v) is 6.87. The molecule has 1 aliphatic heterocycles. The van der Waals surface area contributed by atoms with Crippen molar-refractivity contribution in [3.05, 3.63) is 48.4 Å². The molecule has 3 heterocycles. The molecule has 142 valence electrons. The molecule has 28 heavy (non-hydrogen) atoms. The van der Waals surface area contributed by atoms with Gasteiger partial charge in [0.15, 0.2) is 0 Å². The Hall–Kier alpha value is -3.53. The van der Waals surface area contributed by atoms with Crippen LogP contribution in [0.2, 0.25) is 0 Å². The van der Waals surface area contributed by atoms with E-state index >= 15 is 0 Å². The Bertz CT molecular complexity index is 1020. The SMILES string of the molecule is C#Cc1cccc(NCC(=O)N[C@H]2CCCN(c3ncnc4[nH]ccc34)C2)c1. The molecule has 2 aromatic heterocycles. The molecule has 7 nitrogen and oxygen atoms in total. The molecule has 4 rings (SSSR count). The molecular weight excluding hydrogens is 352 g/mol. The van der Waals surface area contributed by atoms with Crippen LogP contribution in [0.4, 0.5) is 11.5 Å². The number of piperidine rings is 1. The van der Waals surface area contributed by atoms with Gasteiger partial charge in [0.1, 0.15) is 17.8 Å². The number of rotatable bonds is 5. The van der Waals surface area contributed by atoms with E-state index in [2.05, 4.69) is 36.4 Å². The molecule has 0 aliphatic carbocycles. The summed E-state index contributed by atoms with van der Waals surface area (Å²) >= 11 is 0. The number of anilines is 2. The number of aromatic amines is 1. The van der Waals surface area contributed by atoms with Gasteiger partial charge in [-0.2, -0.15) is 0 Å². The number of carbonyl (C=O) groups is 1. The van der Waals surface area contributed by atoms with E-state index in [4.69, 9.17) is 6.42 Å². The van der Waals surface area contributed by atoms with Crippen LogP contribution >= 0.6 is 0 Å². The van der Waals surface area contributed by atoms with Crippen molar-refractivity contribution < 1.29 is 4.79 Å². The molecule has 1 amide bonds. The lowest BCUT2D eigenvalue weighted by Crippen LogP contribution is -2.49. The molecule has 3 aromatic rings. The van der Waals surface area contributed by atoms with Crippen molar-refractivity contribution in [1.82, 2.24) is 20.3 Å². The average Bonchev–Trinajstić information content (AvgIpc) is 3.21. The number of terminal acetylenes is 1. The number of carbonyl (C=O) groups excluding carboxylic acids is 1. The van der Waals surface area contributed by atoms with Gasteiger partial charge < -0.3 is 20.5 Å². The number of aromatic nitrogens is 3. The molecule has 1 aliphatic rings. The lowest BCUT2D eigenvalue weighted by Gasteiger charge is -2.34. The number of fused-ring (bicyclic) bond motifs is 1. The van der Waals surface area contributed by atoms with E-state index in [-0.39, 0.29) is 18.5 Å². The van der Waals surface area contributed by atoms with Crippen LogP contribution in [0.25, 0.3) is 11.0 Å². The third-order valence-corrected chi connectivity index (χ3v) is 4.90. The summed E-state index contributed by atoms with van der Waals surface area (Å²) in [6.45, 7) is 1.86. The van der Waals surface area contributed by atoms with Gasteiger partial charge >= 0.3 is 0 Å². The quantitative estimate of drug-likeness (QED) is 0.596. The molecule has 0 unspecified atom stereocenters. The molecule has 0 saturated carbocycles. The molecule has 1 atom stereocenters. The Morgan fingerprint density at radius 1 is 1.36 bits per heavy atom. The molecule has 1 fully saturated rings. The minimum absolute atomic E-state index is 0.0348. The highest BCUT2D eigenvalue weighted by Gasteiger charge is 2.23. The molecule has 0 bridgehead atoms. The number of nitrogens with zero attached hydrogens (tertiary/aromatic N) is 3. The molecule has 0 radical (unpaired) electrons. The van der Waals surface area contributed by atoms with Crippen LogP contribution in [0, 0.1) is 12.3 Å². The van der Waals surface area contributed by atoms with Crippen LogP contribution in [0.3, 0.4) is 0 Å². The van der Waals surface area contributed by atoms with Gasteiger partial charge in [-0.15, -0.1) is 6.42 Å². The summed E-state index contributed by atoms with van der Waals surface area (Å²) in [4.78, 5) is 26.4. The first-order valence-corrected chi connectivity index (χ1v) is 9.36. The Balaban J connectivity index is 1.35. The standard InChI is InChI=1S/C21H22N6O/c1-2-15-5-3-6-16(11-15)23-12-19(28)26-17-7-4-10-27(13-17)21-18-8-9-22-20(18)24-14-25-21/h1,3,5-6,8-9,11,14,17,23H,4,7,10,12-13H2,(H,26,28)(H,22,24,25)/t17-/m0/s1. The second-order valence-electron chi connectivity index (χ2n) is 6.87. The summed E-state index contributed by atoms with van der Waals surface area (Å²) in [6, 6.07) is 9.56. The van der Waals surface area contributed by atoms with Crippen LogP contribution in [0.5, 0.6) is 0 Å². The highest BCUT2D eigenvalue weighted by Crippen LogP contribution is 2.25. The van der Waals surface area contributed by atoms with E-state index in [9.17, 15) is 4.79 Å². The van der Waals surface area contributed by atoms with Crippen molar-refractivity contribution in [3.8, 4) is 12.3 Å². The average molecular weight is 374 g/mol. The maximum atomic E-state index is 12.4. The van der Waals surface area contributed by atoms with Crippen LogP contribution in [0.1, 0.15) is 18.4 Å². The van der Waals surface area contributed by atoms with Crippen LogP contribution in [-0.4, -0.2) is 46.5 Å². The molecule has 7 heteroatoms. The van der Waals surface area contributed by atoms with Crippen molar-refractivity contribution in [2.75, 3.05) is 29.9 Å². The summed E-state index contributed by atoms with van der Waals surface area (Å²) < 4.78 is 0. The maximum absolute atomic E-state index is 12.4. The first-order valence-electron chi connectivity index (χ1n) is 9.36. The zero-order chi connectivity index (χ0) is 19.3. The highest BCUT2D eigenvalue weighted by atomic mass is 16.2. The fourth-order valence-corrected chi connectivity index (χ4v) is 3.58. The predicted molar refractivity (Wildman–Crippen MR) is 110 cm³/mol. The third-order valence-electron chi connectivity index (χ3n) is 4.90. The summed E-state index contributed by atoms with van der Waals surface area (Å²) in [7, 11) is 0. The lowest BCUT2D eigenvalue weighted by molar-refractivity contribution is -0.120. The van der Waals surface area contributed by atoms with Crippen molar-refractivity contribution in [2.45, 2.75) is 18.9 Å². The van der Waals surface area contributed by atoms with Gasteiger partial charge in [-0.3, -0.25) is 4.79 Å². The van der Waals surface area contributed by atoms with Crippen LogP contribution in [-0.2, 0) is 4.79 Å². The number of nitrogens with one attached hydrogen (secondary N) is 3. The Labute approximate surface area is 163 Å². The van der Waals surface area contributed by atoms with Crippen molar-refractivity contribution in [1.29, 1.82) is 0 Å². The molecule has 0 spiro atoms. The number of hydrogen-bond donors (Lipinski definition) is 3. The Kier molecular flexibility index (Phi) is 5.11. The van der Waals surface area contributed by atoms with Crippen LogP contribution in [0.15, 0.2) is 42.9 Å². The maximum Gasteiger partial charge on any atom is 0.239 e. The molecular formula is C21H22N6O. The van der Waals surface area contributed by atoms with Gasteiger partial charge in [0.25, 0.3) is 0 Å². The summed E-state index contributed by atoms with van der Waals surface area (Å²) in [5.41, 5.74) is 2.45. The monoisotopic (exact) mass is 374 g/mol. The van der Waals surface area contributed by atoms with E-state index in [1.54, 1.807) is 6.33 Å². The fourth-order valence-electron chi connectivity index (χ4n) is 3.58.